The molecule has 0 saturated carbocycles. The lowest BCUT2D eigenvalue weighted by atomic mass is 10.2. The lowest BCUT2D eigenvalue weighted by Crippen LogP contribution is -2.14. The highest BCUT2D eigenvalue weighted by Crippen LogP contribution is 2.30. The fourth-order valence-corrected chi connectivity index (χ4v) is 3.02. The lowest BCUT2D eigenvalue weighted by molar-refractivity contribution is 0.341. The van der Waals surface area contributed by atoms with Crippen molar-refractivity contribution >= 4 is 21.6 Å². The average Bonchev–Trinajstić information content (AvgIpc) is 2.74. The van der Waals surface area contributed by atoms with E-state index in [1.165, 1.54) is 4.70 Å². The molecule has 0 bridgehead atoms. The van der Waals surface area contributed by atoms with Gasteiger partial charge in [-0.3, -0.25) is 0 Å². The summed E-state index contributed by atoms with van der Waals surface area (Å²) in [5.41, 5.74) is 1.06. The van der Waals surface area contributed by atoms with Crippen LogP contribution in [0.3, 0.4) is 0 Å². The van der Waals surface area contributed by atoms with E-state index < -0.39 is 0 Å². The van der Waals surface area contributed by atoms with Crippen LogP contribution in [0.4, 0.5) is 0 Å². The van der Waals surface area contributed by atoms with Crippen LogP contribution in [0, 0.1) is 0 Å². The van der Waals surface area contributed by atoms with Gasteiger partial charge < -0.3 is 10.1 Å². The molecule has 2 rings (SSSR count). The van der Waals surface area contributed by atoms with E-state index in [-0.39, 0.29) is 0 Å². The molecule has 1 aromatic carbocycles. The molecule has 0 aliphatic heterocycles. The Morgan fingerprint density at radius 3 is 2.88 bits per heavy atom. The first kappa shape index (κ1) is 12.3. The standard InChI is InChI=1S/C13H18N2OS/c1-4-10(14-3)13-15-11-7-6-9(16-5-2)8-12(11)17-13/h6-8,10,14H,4-5H2,1-3H3. The van der Waals surface area contributed by atoms with E-state index in [1.807, 2.05) is 26.1 Å². The Hall–Kier alpha value is -1.13. The lowest BCUT2D eigenvalue weighted by Gasteiger charge is -2.08. The first-order valence-electron chi connectivity index (χ1n) is 5.99. The van der Waals surface area contributed by atoms with E-state index in [9.17, 15) is 0 Å². The smallest absolute Gasteiger partial charge is 0.120 e. The van der Waals surface area contributed by atoms with Gasteiger partial charge in [-0.25, -0.2) is 4.98 Å². The number of rotatable bonds is 5. The maximum Gasteiger partial charge on any atom is 0.120 e. The third kappa shape index (κ3) is 2.58. The SMILES string of the molecule is CCOc1ccc2nc(C(CC)NC)sc2c1. The van der Waals surface area contributed by atoms with Crippen molar-refractivity contribution in [2.24, 2.45) is 0 Å². The van der Waals surface area contributed by atoms with E-state index in [1.54, 1.807) is 11.3 Å². The number of ether oxygens (including phenoxy) is 1. The van der Waals surface area contributed by atoms with Gasteiger partial charge in [0.25, 0.3) is 0 Å². The fourth-order valence-electron chi connectivity index (χ4n) is 1.83. The van der Waals surface area contributed by atoms with Gasteiger partial charge in [0.2, 0.25) is 0 Å². The first-order valence-corrected chi connectivity index (χ1v) is 6.80. The number of benzene rings is 1. The largest absolute Gasteiger partial charge is 0.494 e. The Kier molecular flexibility index (Phi) is 3.97. The molecule has 3 nitrogen and oxygen atoms in total. The minimum absolute atomic E-state index is 0.350. The zero-order valence-corrected chi connectivity index (χ0v) is 11.3. The Bertz CT molecular complexity index is 491. The predicted octanol–water partition coefficient (Wildman–Crippen LogP) is 3.37. The highest BCUT2D eigenvalue weighted by molar-refractivity contribution is 7.18. The Morgan fingerprint density at radius 1 is 1.41 bits per heavy atom. The first-order chi connectivity index (χ1) is 8.28. The summed E-state index contributed by atoms with van der Waals surface area (Å²) in [6.07, 6.45) is 1.05. The van der Waals surface area contributed by atoms with Crippen LogP contribution >= 0.6 is 11.3 Å². The topological polar surface area (TPSA) is 34.1 Å². The van der Waals surface area contributed by atoms with Crippen molar-refractivity contribution in [1.29, 1.82) is 0 Å². The molecule has 0 radical (unpaired) electrons. The van der Waals surface area contributed by atoms with Gasteiger partial charge in [0.1, 0.15) is 10.8 Å². The number of aromatic nitrogens is 1. The molecule has 0 amide bonds. The van der Waals surface area contributed by atoms with Crippen LogP contribution in [-0.4, -0.2) is 18.6 Å². The van der Waals surface area contributed by atoms with Gasteiger partial charge in [0, 0.05) is 0 Å². The normalized spacial score (nSPS) is 12.9. The third-order valence-corrected chi connectivity index (χ3v) is 3.87. The van der Waals surface area contributed by atoms with Crippen LogP contribution in [0.2, 0.25) is 0 Å². The van der Waals surface area contributed by atoms with Crippen LogP contribution in [0.15, 0.2) is 18.2 Å². The molecule has 17 heavy (non-hydrogen) atoms. The summed E-state index contributed by atoms with van der Waals surface area (Å²) < 4.78 is 6.69. The van der Waals surface area contributed by atoms with Crippen LogP contribution in [0.1, 0.15) is 31.3 Å². The molecule has 1 N–H and O–H groups in total. The van der Waals surface area contributed by atoms with Crippen molar-refractivity contribution in [3.8, 4) is 5.75 Å². The van der Waals surface area contributed by atoms with Crippen LogP contribution in [0.25, 0.3) is 10.2 Å². The minimum Gasteiger partial charge on any atom is -0.494 e. The van der Waals surface area contributed by atoms with Crippen molar-refractivity contribution in [2.75, 3.05) is 13.7 Å². The van der Waals surface area contributed by atoms with Gasteiger partial charge in [-0.15, -0.1) is 11.3 Å². The van der Waals surface area contributed by atoms with Crippen molar-refractivity contribution in [1.82, 2.24) is 10.3 Å². The fraction of sp³-hybridized carbons (Fsp3) is 0.462. The van der Waals surface area contributed by atoms with Gasteiger partial charge in [-0.1, -0.05) is 6.92 Å². The summed E-state index contributed by atoms with van der Waals surface area (Å²) in [6, 6.07) is 6.43. The highest BCUT2D eigenvalue weighted by Gasteiger charge is 2.12. The van der Waals surface area contributed by atoms with E-state index in [2.05, 4.69) is 23.3 Å². The molecule has 1 heterocycles. The second-order valence-corrected chi connectivity index (χ2v) is 4.93. The van der Waals surface area contributed by atoms with Crippen LogP contribution in [-0.2, 0) is 0 Å². The molecule has 2 aromatic rings. The number of thiazole rings is 1. The van der Waals surface area contributed by atoms with E-state index in [0.717, 1.165) is 22.7 Å². The Balaban J connectivity index is 2.36. The van der Waals surface area contributed by atoms with Crippen LogP contribution < -0.4 is 10.1 Å². The molecule has 1 atom stereocenters. The molecule has 1 aromatic heterocycles. The second kappa shape index (κ2) is 5.47. The molecule has 1 unspecified atom stereocenters. The summed E-state index contributed by atoms with van der Waals surface area (Å²) in [5.74, 6) is 0.924. The van der Waals surface area contributed by atoms with Crippen molar-refractivity contribution < 1.29 is 4.74 Å². The Morgan fingerprint density at radius 2 is 2.24 bits per heavy atom. The summed E-state index contributed by atoms with van der Waals surface area (Å²) in [5, 5.41) is 4.44. The maximum atomic E-state index is 5.50. The van der Waals surface area contributed by atoms with Gasteiger partial charge in [0.05, 0.1) is 22.9 Å². The van der Waals surface area contributed by atoms with Gasteiger partial charge in [0.15, 0.2) is 0 Å². The molecule has 4 heteroatoms. The zero-order valence-electron chi connectivity index (χ0n) is 10.5. The monoisotopic (exact) mass is 250 g/mol. The van der Waals surface area contributed by atoms with Gasteiger partial charge >= 0.3 is 0 Å². The molecule has 92 valence electrons. The molecule has 0 fully saturated rings. The highest BCUT2D eigenvalue weighted by atomic mass is 32.1. The number of hydrogen-bond acceptors (Lipinski definition) is 4. The van der Waals surface area contributed by atoms with E-state index >= 15 is 0 Å². The summed E-state index contributed by atoms with van der Waals surface area (Å²) >= 11 is 1.74. The van der Waals surface area contributed by atoms with Gasteiger partial charge in [-0.05, 0) is 38.6 Å². The van der Waals surface area contributed by atoms with Gasteiger partial charge in [-0.2, -0.15) is 0 Å². The van der Waals surface area contributed by atoms with Crippen molar-refractivity contribution in [3.05, 3.63) is 23.2 Å². The quantitative estimate of drug-likeness (QED) is 0.883. The molecular formula is C13H18N2OS. The molecule has 0 aliphatic rings. The predicted molar refractivity (Wildman–Crippen MR) is 72.9 cm³/mol. The number of nitrogens with zero attached hydrogens (tertiary/aromatic N) is 1. The van der Waals surface area contributed by atoms with E-state index in [4.69, 9.17) is 4.74 Å². The third-order valence-electron chi connectivity index (χ3n) is 2.74. The number of hydrogen-bond donors (Lipinski definition) is 1. The second-order valence-electron chi connectivity index (χ2n) is 3.86. The molecule has 0 spiro atoms. The number of nitrogens with one attached hydrogen (secondary N) is 1. The van der Waals surface area contributed by atoms with E-state index in [0.29, 0.717) is 12.6 Å². The summed E-state index contributed by atoms with van der Waals surface area (Å²) in [4.78, 5) is 4.66. The average molecular weight is 250 g/mol. The zero-order chi connectivity index (χ0) is 12.3. The van der Waals surface area contributed by atoms with Crippen LogP contribution in [0.5, 0.6) is 5.75 Å². The summed E-state index contributed by atoms with van der Waals surface area (Å²) in [7, 11) is 1.98. The maximum absolute atomic E-state index is 5.50. The minimum atomic E-state index is 0.350. The molecular weight excluding hydrogens is 232 g/mol. The summed E-state index contributed by atoms with van der Waals surface area (Å²) in [6.45, 7) is 4.86. The molecule has 0 saturated heterocycles. The number of fused-ring (bicyclic) bond motifs is 1. The van der Waals surface area contributed by atoms with Crippen molar-refractivity contribution in [3.63, 3.8) is 0 Å². The Labute approximate surface area is 106 Å². The molecule has 0 aliphatic carbocycles. The van der Waals surface area contributed by atoms with Crippen molar-refractivity contribution in [2.45, 2.75) is 26.3 Å².